The van der Waals surface area contributed by atoms with Gasteiger partial charge < -0.3 is 16.4 Å². The van der Waals surface area contributed by atoms with Crippen molar-refractivity contribution in [2.24, 2.45) is 5.73 Å². The van der Waals surface area contributed by atoms with Crippen molar-refractivity contribution in [1.82, 2.24) is 20.1 Å². The van der Waals surface area contributed by atoms with E-state index in [1.165, 1.54) is 6.20 Å². The van der Waals surface area contributed by atoms with Crippen LogP contribution in [0.1, 0.15) is 16.2 Å². The quantitative estimate of drug-likeness (QED) is 0.731. The second-order valence-corrected chi connectivity index (χ2v) is 4.31. The lowest BCUT2D eigenvalue weighted by Gasteiger charge is -2.13. The van der Waals surface area contributed by atoms with Crippen molar-refractivity contribution < 1.29 is 4.79 Å². The van der Waals surface area contributed by atoms with E-state index in [1.807, 2.05) is 10.7 Å². The van der Waals surface area contributed by atoms with Crippen molar-refractivity contribution in [2.45, 2.75) is 13.1 Å². The van der Waals surface area contributed by atoms with Crippen LogP contribution in [0.25, 0.3) is 0 Å². The van der Waals surface area contributed by atoms with E-state index in [-0.39, 0.29) is 5.69 Å². The third-order valence-electron chi connectivity index (χ3n) is 2.97. The van der Waals surface area contributed by atoms with E-state index >= 15 is 0 Å². The van der Waals surface area contributed by atoms with Crippen molar-refractivity contribution in [1.29, 1.82) is 0 Å². The average molecular weight is 258 g/mol. The summed E-state index contributed by atoms with van der Waals surface area (Å²) in [6, 6.07) is 5.44. The maximum atomic E-state index is 11.3. The standard InChI is InChI=1S/C12H14N6O/c13-12(19)11-9(2-1-3-15-11)16-10-6-8-7-14-4-5-18(8)17-10/h1-3,6,14H,4-5,7H2,(H2,13,19)(H,16,17). The minimum Gasteiger partial charge on any atom is -0.364 e. The maximum Gasteiger partial charge on any atom is 0.269 e. The highest BCUT2D eigenvalue weighted by Crippen LogP contribution is 2.19. The molecule has 1 amide bonds. The smallest absolute Gasteiger partial charge is 0.269 e. The Kier molecular flexibility index (Phi) is 2.88. The fraction of sp³-hybridized carbons (Fsp3) is 0.250. The number of amides is 1. The molecule has 0 saturated carbocycles. The molecule has 19 heavy (non-hydrogen) atoms. The van der Waals surface area contributed by atoms with E-state index in [2.05, 4.69) is 20.7 Å². The van der Waals surface area contributed by atoms with Gasteiger partial charge in [-0.3, -0.25) is 9.48 Å². The van der Waals surface area contributed by atoms with Crippen molar-refractivity contribution in [2.75, 3.05) is 11.9 Å². The zero-order valence-corrected chi connectivity index (χ0v) is 10.3. The molecule has 4 N–H and O–H groups in total. The zero-order valence-electron chi connectivity index (χ0n) is 10.3. The van der Waals surface area contributed by atoms with Crippen molar-refractivity contribution in [3.05, 3.63) is 35.8 Å². The summed E-state index contributed by atoms with van der Waals surface area (Å²) in [5.74, 6) is 0.128. The number of primary amides is 1. The number of hydrogen-bond acceptors (Lipinski definition) is 5. The first kappa shape index (κ1) is 11.7. The van der Waals surface area contributed by atoms with E-state index in [1.54, 1.807) is 12.1 Å². The largest absolute Gasteiger partial charge is 0.364 e. The minimum atomic E-state index is -0.561. The molecule has 1 aliphatic heterocycles. The van der Waals surface area contributed by atoms with Gasteiger partial charge in [-0.1, -0.05) is 0 Å². The molecule has 0 unspecified atom stereocenters. The Bertz CT molecular complexity index is 597. The molecule has 2 aromatic heterocycles. The summed E-state index contributed by atoms with van der Waals surface area (Å²) in [5.41, 5.74) is 7.18. The topological polar surface area (TPSA) is 97.9 Å². The number of carbonyl (C=O) groups excluding carboxylic acids is 1. The minimum absolute atomic E-state index is 0.214. The van der Waals surface area contributed by atoms with Crippen LogP contribution in [-0.4, -0.2) is 27.2 Å². The van der Waals surface area contributed by atoms with Crippen LogP contribution in [0.4, 0.5) is 11.5 Å². The van der Waals surface area contributed by atoms with Gasteiger partial charge in [0.05, 0.1) is 17.9 Å². The summed E-state index contributed by atoms with van der Waals surface area (Å²) in [7, 11) is 0. The van der Waals surface area contributed by atoms with Crippen LogP contribution in [0.2, 0.25) is 0 Å². The van der Waals surface area contributed by atoms with Gasteiger partial charge >= 0.3 is 0 Å². The SMILES string of the molecule is NC(=O)c1ncccc1Nc1cc2n(n1)CCNC2. The highest BCUT2D eigenvalue weighted by atomic mass is 16.1. The van der Waals surface area contributed by atoms with Crippen molar-refractivity contribution >= 4 is 17.4 Å². The van der Waals surface area contributed by atoms with Crippen LogP contribution in [0.3, 0.4) is 0 Å². The van der Waals surface area contributed by atoms with Crippen LogP contribution in [0.15, 0.2) is 24.4 Å². The highest BCUT2D eigenvalue weighted by Gasteiger charge is 2.14. The van der Waals surface area contributed by atoms with Gasteiger partial charge in [-0.15, -0.1) is 0 Å². The number of rotatable bonds is 3. The third kappa shape index (κ3) is 2.27. The summed E-state index contributed by atoms with van der Waals surface area (Å²) in [5, 5.41) is 10.8. The predicted octanol–water partition coefficient (Wildman–Crippen LogP) is 0.224. The van der Waals surface area contributed by atoms with Crippen LogP contribution < -0.4 is 16.4 Å². The summed E-state index contributed by atoms with van der Waals surface area (Å²) < 4.78 is 1.94. The Hall–Kier alpha value is -2.41. The zero-order chi connectivity index (χ0) is 13.2. The molecule has 0 radical (unpaired) electrons. The first-order chi connectivity index (χ1) is 9.24. The molecule has 7 nitrogen and oxygen atoms in total. The Morgan fingerprint density at radius 1 is 1.53 bits per heavy atom. The monoisotopic (exact) mass is 258 g/mol. The molecule has 0 aliphatic carbocycles. The van der Waals surface area contributed by atoms with Gasteiger partial charge in [0.1, 0.15) is 0 Å². The summed E-state index contributed by atoms with van der Waals surface area (Å²) >= 11 is 0. The van der Waals surface area contributed by atoms with Crippen LogP contribution in [-0.2, 0) is 13.1 Å². The Morgan fingerprint density at radius 2 is 2.42 bits per heavy atom. The Balaban J connectivity index is 1.89. The molecule has 0 fully saturated rings. The molecule has 0 bridgehead atoms. The summed E-state index contributed by atoms with van der Waals surface area (Å²) in [6.45, 7) is 2.55. The van der Waals surface area contributed by atoms with E-state index < -0.39 is 5.91 Å². The molecule has 7 heteroatoms. The molecule has 98 valence electrons. The summed E-state index contributed by atoms with van der Waals surface area (Å²) in [6.07, 6.45) is 1.54. The van der Waals surface area contributed by atoms with Gasteiger partial charge in [-0.05, 0) is 12.1 Å². The molecule has 0 atom stereocenters. The number of nitrogens with zero attached hydrogens (tertiary/aromatic N) is 3. The summed E-state index contributed by atoms with van der Waals surface area (Å²) in [4.78, 5) is 15.3. The van der Waals surface area contributed by atoms with E-state index in [0.717, 1.165) is 25.3 Å². The van der Waals surface area contributed by atoms with Gasteiger partial charge in [0.15, 0.2) is 11.5 Å². The normalized spacial score (nSPS) is 13.9. The van der Waals surface area contributed by atoms with E-state index in [9.17, 15) is 4.79 Å². The van der Waals surface area contributed by atoms with Gasteiger partial charge in [-0.25, -0.2) is 4.98 Å². The Morgan fingerprint density at radius 3 is 3.21 bits per heavy atom. The number of aromatic nitrogens is 3. The average Bonchev–Trinajstić information content (AvgIpc) is 2.81. The van der Waals surface area contributed by atoms with Gasteiger partial charge in [0, 0.05) is 25.4 Å². The number of fused-ring (bicyclic) bond motifs is 1. The van der Waals surface area contributed by atoms with Crippen LogP contribution in [0.5, 0.6) is 0 Å². The lowest BCUT2D eigenvalue weighted by molar-refractivity contribution is 0.0996. The van der Waals surface area contributed by atoms with Crippen molar-refractivity contribution in [3.8, 4) is 0 Å². The number of nitrogens with one attached hydrogen (secondary N) is 2. The third-order valence-corrected chi connectivity index (χ3v) is 2.97. The number of hydrogen-bond donors (Lipinski definition) is 3. The molecule has 3 heterocycles. The van der Waals surface area contributed by atoms with E-state index in [4.69, 9.17) is 5.73 Å². The van der Waals surface area contributed by atoms with Crippen LogP contribution in [0, 0.1) is 0 Å². The molecular weight excluding hydrogens is 244 g/mol. The first-order valence-electron chi connectivity index (χ1n) is 6.03. The molecule has 0 saturated heterocycles. The molecule has 0 spiro atoms. The number of anilines is 2. The second-order valence-electron chi connectivity index (χ2n) is 4.31. The number of nitrogens with two attached hydrogens (primary N) is 1. The molecule has 0 aromatic carbocycles. The number of pyridine rings is 1. The lowest BCUT2D eigenvalue weighted by atomic mass is 10.3. The van der Waals surface area contributed by atoms with Gasteiger partial charge in [-0.2, -0.15) is 5.10 Å². The fourth-order valence-corrected chi connectivity index (χ4v) is 2.09. The Labute approximate surface area is 109 Å². The number of carbonyl (C=O) groups is 1. The molecule has 1 aliphatic rings. The second kappa shape index (κ2) is 4.69. The molecular formula is C12H14N6O. The fourth-order valence-electron chi connectivity index (χ4n) is 2.09. The van der Waals surface area contributed by atoms with Crippen LogP contribution >= 0.6 is 0 Å². The molecule has 3 rings (SSSR count). The highest BCUT2D eigenvalue weighted by molar-refractivity contribution is 5.96. The predicted molar refractivity (Wildman–Crippen MR) is 70.0 cm³/mol. The van der Waals surface area contributed by atoms with Gasteiger partial charge in [0.2, 0.25) is 0 Å². The first-order valence-corrected chi connectivity index (χ1v) is 6.03. The lowest BCUT2D eigenvalue weighted by Crippen LogP contribution is -2.28. The van der Waals surface area contributed by atoms with Crippen molar-refractivity contribution in [3.63, 3.8) is 0 Å². The van der Waals surface area contributed by atoms with E-state index in [0.29, 0.717) is 11.5 Å². The van der Waals surface area contributed by atoms with Gasteiger partial charge in [0.25, 0.3) is 5.91 Å². The molecule has 2 aromatic rings. The maximum absolute atomic E-state index is 11.3.